The van der Waals surface area contributed by atoms with Crippen LogP contribution in [0.3, 0.4) is 0 Å². The number of aromatic nitrogens is 1. The number of carbonyl (C=O) groups is 1. The highest BCUT2D eigenvalue weighted by Gasteiger charge is 2.22. The predicted octanol–water partition coefficient (Wildman–Crippen LogP) is 3.98. The summed E-state index contributed by atoms with van der Waals surface area (Å²) in [4.78, 5) is 15.0. The monoisotopic (exact) mass is 219 g/mol. The van der Waals surface area contributed by atoms with E-state index >= 15 is 0 Å². The average Bonchev–Trinajstić information content (AvgIpc) is 2.76. The molecule has 16 heavy (non-hydrogen) atoms. The van der Waals surface area contributed by atoms with Crippen molar-refractivity contribution in [1.82, 2.24) is 4.98 Å². The van der Waals surface area contributed by atoms with Crippen LogP contribution < -0.4 is 0 Å². The summed E-state index contributed by atoms with van der Waals surface area (Å²) in [7, 11) is 0. The molecule has 0 amide bonds. The molecular formula is C14H21NO. The minimum absolute atomic E-state index is 0.295. The van der Waals surface area contributed by atoms with Gasteiger partial charge in [0, 0.05) is 29.4 Å². The smallest absolute Gasteiger partial charge is 0.165 e. The fourth-order valence-electron chi connectivity index (χ4n) is 2.00. The van der Waals surface area contributed by atoms with Gasteiger partial charge in [-0.15, -0.1) is 0 Å². The maximum absolute atomic E-state index is 11.7. The van der Waals surface area contributed by atoms with Gasteiger partial charge < -0.3 is 4.98 Å². The molecule has 0 fully saturated rings. The summed E-state index contributed by atoms with van der Waals surface area (Å²) in [5, 5.41) is 0. The summed E-state index contributed by atoms with van der Waals surface area (Å²) in [5.41, 5.74) is 4.33. The first kappa shape index (κ1) is 12.8. The molecule has 1 aliphatic rings. The average molecular weight is 219 g/mol. The summed E-state index contributed by atoms with van der Waals surface area (Å²) < 4.78 is 0. The molecule has 1 N–H and O–H groups in total. The van der Waals surface area contributed by atoms with E-state index in [2.05, 4.69) is 4.98 Å². The lowest BCUT2D eigenvalue weighted by molar-refractivity contribution is 0.0972. The second-order valence-electron chi connectivity index (χ2n) is 3.80. The van der Waals surface area contributed by atoms with E-state index in [-0.39, 0.29) is 0 Å². The molecule has 0 bridgehead atoms. The zero-order valence-corrected chi connectivity index (χ0v) is 10.7. The highest BCUT2D eigenvalue weighted by molar-refractivity contribution is 6.02. The Bertz CT molecular complexity index is 399. The van der Waals surface area contributed by atoms with Crippen LogP contribution in [0.1, 0.15) is 62.2 Å². The van der Waals surface area contributed by atoms with Crippen molar-refractivity contribution in [2.45, 2.75) is 47.0 Å². The van der Waals surface area contributed by atoms with E-state index in [4.69, 9.17) is 0 Å². The van der Waals surface area contributed by atoms with Gasteiger partial charge in [-0.25, -0.2) is 0 Å². The lowest BCUT2D eigenvalue weighted by Crippen LogP contribution is -2.10. The Labute approximate surface area is 97.8 Å². The lowest BCUT2D eigenvalue weighted by atomic mass is 9.91. The molecule has 0 saturated carbocycles. The molecule has 0 unspecified atom stereocenters. The van der Waals surface area contributed by atoms with Gasteiger partial charge in [0.15, 0.2) is 5.78 Å². The van der Waals surface area contributed by atoms with Crippen LogP contribution in [-0.2, 0) is 6.42 Å². The fraction of sp³-hybridized carbons (Fsp3) is 0.500. The zero-order chi connectivity index (χ0) is 12.1. The number of nitrogens with one attached hydrogen (secondary N) is 1. The second-order valence-corrected chi connectivity index (χ2v) is 3.80. The number of allylic oxidation sites excluding steroid dienone is 2. The molecule has 1 aromatic rings. The molecule has 2 heteroatoms. The Morgan fingerprint density at radius 3 is 2.69 bits per heavy atom. The molecule has 2 rings (SSSR count). The molecule has 1 heterocycles. The van der Waals surface area contributed by atoms with E-state index in [1.165, 1.54) is 5.57 Å². The third-order valence-corrected chi connectivity index (χ3v) is 2.93. The van der Waals surface area contributed by atoms with Gasteiger partial charge in [0.05, 0.1) is 0 Å². The van der Waals surface area contributed by atoms with E-state index in [9.17, 15) is 4.79 Å². The Balaban J connectivity index is 0.000000606. The van der Waals surface area contributed by atoms with Gasteiger partial charge in [-0.3, -0.25) is 4.79 Å². The highest BCUT2D eigenvalue weighted by Crippen LogP contribution is 2.28. The third-order valence-electron chi connectivity index (χ3n) is 2.93. The number of Topliss-reactive ketones (excluding diaryl/α,β-unsaturated/α-hetero) is 1. The van der Waals surface area contributed by atoms with Crippen molar-refractivity contribution in [2.24, 2.45) is 0 Å². The van der Waals surface area contributed by atoms with Crippen LogP contribution in [-0.4, -0.2) is 10.8 Å². The summed E-state index contributed by atoms with van der Waals surface area (Å²) in [5.74, 6) is 0.295. The minimum Gasteiger partial charge on any atom is -0.364 e. The first-order valence-electron chi connectivity index (χ1n) is 6.10. The number of ketones is 1. The topological polar surface area (TPSA) is 32.9 Å². The number of carbonyl (C=O) groups excluding carboxylic acids is 1. The SMILES string of the molecule is C/C=C(\C)c1c[nH]c2c1C(=O)CCC2.CC. The number of fused-ring (bicyclic) bond motifs is 1. The molecular weight excluding hydrogens is 198 g/mol. The van der Waals surface area contributed by atoms with Crippen molar-refractivity contribution in [3.8, 4) is 0 Å². The van der Waals surface area contributed by atoms with Crippen molar-refractivity contribution in [3.05, 3.63) is 29.1 Å². The number of aryl methyl sites for hydroxylation is 1. The fourth-order valence-corrected chi connectivity index (χ4v) is 2.00. The van der Waals surface area contributed by atoms with Crippen molar-refractivity contribution in [1.29, 1.82) is 0 Å². The van der Waals surface area contributed by atoms with Crippen LogP contribution in [0.25, 0.3) is 5.57 Å². The van der Waals surface area contributed by atoms with Gasteiger partial charge in [-0.05, 0) is 32.3 Å². The van der Waals surface area contributed by atoms with Crippen LogP contribution >= 0.6 is 0 Å². The van der Waals surface area contributed by atoms with E-state index < -0.39 is 0 Å². The van der Waals surface area contributed by atoms with Crippen LogP contribution in [0.4, 0.5) is 0 Å². The van der Waals surface area contributed by atoms with Gasteiger partial charge in [0.2, 0.25) is 0 Å². The van der Waals surface area contributed by atoms with Crippen LogP contribution in [0.15, 0.2) is 12.3 Å². The normalized spacial score (nSPS) is 15.2. The third kappa shape index (κ3) is 2.26. The summed E-state index contributed by atoms with van der Waals surface area (Å²) in [6.45, 7) is 8.05. The molecule has 88 valence electrons. The minimum atomic E-state index is 0.295. The number of H-pyrrole nitrogens is 1. The zero-order valence-electron chi connectivity index (χ0n) is 10.7. The second kappa shape index (κ2) is 5.69. The van der Waals surface area contributed by atoms with Gasteiger partial charge in [-0.2, -0.15) is 0 Å². The van der Waals surface area contributed by atoms with Crippen molar-refractivity contribution < 1.29 is 4.79 Å². The molecule has 0 aliphatic heterocycles. The molecule has 1 aliphatic carbocycles. The van der Waals surface area contributed by atoms with Crippen LogP contribution in [0.5, 0.6) is 0 Å². The maximum atomic E-state index is 11.7. The Kier molecular flexibility index (Phi) is 4.53. The van der Waals surface area contributed by atoms with E-state index in [1.807, 2.05) is 40.0 Å². The van der Waals surface area contributed by atoms with Crippen LogP contribution in [0.2, 0.25) is 0 Å². The number of hydrogen-bond acceptors (Lipinski definition) is 1. The Morgan fingerprint density at radius 2 is 2.06 bits per heavy atom. The lowest BCUT2D eigenvalue weighted by Gasteiger charge is -2.11. The van der Waals surface area contributed by atoms with Gasteiger partial charge in [-0.1, -0.05) is 19.9 Å². The number of aromatic amines is 1. The van der Waals surface area contributed by atoms with Crippen LogP contribution in [0, 0.1) is 0 Å². The van der Waals surface area contributed by atoms with Crippen molar-refractivity contribution >= 4 is 11.4 Å². The van der Waals surface area contributed by atoms with E-state index in [0.717, 1.165) is 29.7 Å². The summed E-state index contributed by atoms with van der Waals surface area (Å²) >= 11 is 0. The van der Waals surface area contributed by atoms with E-state index in [1.54, 1.807) is 0 Å². The van der Waals surface area contributed by atoms with Gasteiger partial charge in [0.1, 0.15) is 0 Å². The predicted molar refractivity (Wildman–Crippen MR) is 68.7 cm³/mol. The summed E-state index contributed by atoms with van der Waals surface area (Å²) in [6.07, 6.45) is 6.71. The van der Waals surface area contributed by atoms with Crippen molar-refractivity contribution in [3.63, 3.8) is 0 Å². The Morgan fingerprint density at radius 1 is 1.38 bits per heavy atom. The molecule has 0 spiro atoms. The Hall–Kier alpha value is -1.31. The number of rotatable bonds is 1. The maximum Gasteiger partial charge on any atom is 0.165 e. The first-order chi connectivity index (χ1) is 7.74. The number of hydrogen-bond donors (Lipinski definition) is 1. The molecule has 0 saturated heterocycles. The quantitative estimate of drug-likeness (QED) is 0.761. The highest BCUT2D eigenvalue weighted by atomic mass is 16.1. The van der Waals surface area contributed by atoms with Gasteiger partial charge in [0.25, 0.3) is 0 Å². The van der Waals surface area contributed by atoms with Gasteiger partial charge >= 0.3 is 0 Å². The molecule has 1 aromatic heterocycles. The molecule has 0 aromatic carbocycles. The van der Waals surface area contributed by atoms with E-state index in [0.29, 0.717) is 12.2 Å². The largest absolute Gasteiger partial charge is 0.364 e. The molecule has 2 nitrogen and oxygen atoms in total. The first-order valence-corrected chi connectivity index (χ1v) is 6.10. The molecule has 0 radical (unpaired) electrons. The standard InChI is InChI=1S/C12H15NO.C2H6/c1-3-8(2)9-7-13-10-5-4-6-11(14)12(9)10;1-2/h3,7,13H,4-6H2,1-2H3;1-2H3/b8-3+;. The summed E-state index contributed by atoms with van der Waals surface area (Å²) in [6, 6.07) is 0. The molecule has 0 atom stereocenters. The van der Waals surface area contributed by atoms with Crippen molar-refractivity contribution in [2.75, 3.05) is 0 Å².